The number of carbonyl (C=O) groups is 1. The molecule has 2 rings (SSSR count). The van der Waals surface area contributed by atoms with Gasteiger partial charge < -0.3 is 21.0 Å². The van der Waals surface area contributed by atoms with Crippen LogP contribution in [0.15, 0.2) is 5.16 Å². The van der Waals surface area contributed by atoms with E-state index in [1.165, 1.54) is 0 Å². The molecule has 6 heteroatoms. The molecule has 1 aliphatic heterocycles. The van der Waals surface area contributed by atoms with Crippen LogP contribution >= 0.6 is 0 Å². The summed E-state index contributed by atoms with van der Waals surface area (Å²) in [4.78, 5) is 12.4. The van der Waals surface area contributed by atoms with Crippen LogP contribution in [0, 0.1) is 0 Å². The smallest absolute Gasteiger partial charge is 0.252 e. The van der Waals surface area contributed by atoms with Crippen molar-refractivity contribution in [3.63, 3.8) is 0 Å². The first-order valence-corrected chi connectivity index (χ1v) is 6.97. The summed E-state index contributed by atoms with van der Waals surface area (Å²) in [5.41, 5.74) is 4.33. The second-order valence-electron chi connectivity index (χ2n) is 5.77. The van der Waals surface area contributed by atoms with Gasteiger partial charge in [0, 0.05) is 6.61 Å². The first-order chi connectivity index (χ1) is 9.02. The van der Waals surface area contributed by atoms with Gasteiger partial charge in [-0.3, -0.25) is 4.79 Å². The van der Waals surface area contributed by atoms with Crippen molar-refractivity contribution in [2.24, 2.45) is 10.9 Å². The molecule has 0 radical (unpaired) electrons. The highest BCUT2D eigenvalue weighted by molar-refractivity contribution is 5.96. The van der Waals surface area contributed by atoms with E-state index in [4.69, 9.17) is 15.7 Å². The van der Waals surface area contributed by atoms with Crippen molar-refractivity contribution < 1.29 is 14.7 Å². The quantitative estimate of drug-likeness (QED) is 0.309. The minimum atomic E-state index is -0.778. The molecule has 1 unspecified atom stereocenters. The Morgan fingerprint density at radius 1 is 1.26 bits per heavy atom. The van der Waals surface area contributed by atoms with E-state index < -0.39 is 11.1 Å². The summed E-state index contributed by atoms with van der Waals surface area (Å²) in [6.07, 6.45) is 6.08. The van der Waals surface area contributed by atoms with Crippen LogP contribution in [0.3, 0.4) is 0 Å². The van der Waals surface area contributed by atoms with Gasteiger partial charge in [0.1, 0.15) is 11.1 Å². The van der Waals surface area contributed by atoms with Gasteiger partial charge >= 0.3 is 0 Å². The Morgan fingerprint density at radius 3 is 2.47 bits per heavy atom. The summed E-state index contributed by atoms with van der Waals surface area (Å²) in [6, 6.07) is 0. The summed E-state index contributed by atoms with van der Waals surface area (Å²) >= 11 is 0. The van der Waals surface area contributed by atoms with E-state index in [0.717, 1.165) is 25.7 Å². The third-order valence-electron chi connectivity index (χ3n) is 4.36. The number of hydrogen-bond acceptors (Lipinski definition) is 4. The van der Waals surface area contributed by atoms with E-state index in [2.05, 4.69) is 10.5 Å². The molecule has 1 amide bonds. The standard InChI is InChI=1S/C13H23N3O3/c1-12(6-5-9-19-12)11(17)15-13(10(14)16-18)7-3-2-4-8-13/h18H,2-9H2,1H3,(H2,14,16)(H,15,17). The Hall–Kier alpha value is -1.30. The van der Waals surface area contributed by atoms with Crippen molar-refractivity contribution >= 4 is 11.7 Å². The molecule has 1 saturated carbocycles. The zero-order valence-electron chi connectivity index (χ0n) is 11.4. The molecule has 1 aliphatic carbocycles. The van der Waals surface area contributed by atoms with E-state index in [9.17, 15) is 4.79 Å². The summed E-state index contributed by atoms with van der Waals surface area (Å²) in [5.74, 6) is -0.0550. The molecule has 0 aromatic carbocycles. The first kappa shape index (κ1) is 14.1. The molecule has 0 aromatic rings. The molecule has 2 aliphatic rings. The molecule has 1 heterocycles. The molecule has 2 fully saturated rings. The first-order valence-electron chi connectivity index (χ1n) is 6.97. The maximum Gasteiger partial charge on any atom is 0.252 e. The molecule has 4 N–H and O–H groups in total. The van der Waals surface area contributed by atoms with Crippen LogP contribution in [-0.2, 0) is 9.53 Å². The monoisotopic (exact) mass is 269 g/mol. The van der Waals surface area contributed by atoms with Crippen LogP contribution in [0.2, 0.25) is 0 Å². The molecule has 19 heavy (non-hydrogen) atoms. The maximum atomic E-state index is 12.4. The second kappa shape index (κ2) is 5.36. The number of amidine groups is 1. The van der Waals surface area contributed by atoms with E-state index in [-0.39, 0.29) is 11.7 Å². The second-order valence-corrected chi connectivity index (χ2v) is 5.77. The van der Waals surface area contributed by atoms with E-state index in [1.807, 2.05) is 0 Å². The van der Waals surface area contributed by atoms with Gasteiger partial charge in [-0.1, -0.05) is 24.4 Å². The molecular weight excluding hydrogens is 246 g/mol. The number of rotatable bonds is 3. The van der Waals surface area contributed by atoms with Crippen LogP contribution < -0.4 is 11.1 Å². The maximum absolute atomic E-state index is 12.4. The number of ether oxygens (including phenoxy) is 1. The fraction of sp³-hybridized carbons (Fsp3) is 0.846. The van der Waals surface area contributed by atoms with Gasteiger partial charge in [0.2, 0.25) is 0 Å². The highest BCUT2D eigenvalue weighted by Crippen LogP contribution is 2.31. The zero-order chi connectivity index (χ0) is 13.9. The Balaban J connectivity index is 2.14. The largest absolute Gasteiger partial charge is 0.409 e. The summed E-state index contributed by atoms with van der Waals surface area (Å²) in [7, 11) is 0. The van der Waals surface area contributed by atoms with Gasteiger partial charge in [0.25, 0.3) is 5.91 Å². The molecule has 6 nitrogen and oxygen atoms in total. The highest BCUT2D eigenvalue weighted by atomic mass is 16.5. The van der Waals surface area contributed by atoms with Gasteiger partial charge in [-0.25, -0.2) is 0 Å². The van der Waals surface area contributed by atoms with E-state index >= 15 is 0 Å². The Bertz CT molecular complexity index is 369. The number of amides is 1. The number of nitrogens with two attached hydrogens (primary N) is 1. The predicted molar refractivity (Wildman–Crippen MR) is 71.0 cm³/mol. The van der Waals surface area contributed by atoms with Crippen molar-refractivity contribution in [3.8, 4) is 0 Å². The van der Waals surface area contributed by atoms with Crippen LogP contribution in [0.4, 0.5) is 0 Å². The number of hydrogen-bond donors (Lipinski definition) is 3. The van der Waals surface area contributed by atoms with Crippen molar-refractivity contribution in [2.45, 2.75) is 63.0 Å². The van der Waals surface area contributed by atoms with Crippen molar-refractivity contribution in [3.05, 3.63) is 0 Å². The summed E-state index contributed by atoms with van der Waals surface area (Å²) in [6.45, 7) is 2.42. The van der Waals surface area contributed by atoms with Gasteiger partial charge in [0.15, 0.2) is 5.84 Å². The summed E-state index contributed by atoms with van der Waals surface area (Å²) in [5, 5.41) is 15.1. The number of oxime groups is 1. The molecule has 1 atom stereocenters. The van der Waals surface area contributed by atoms with Crippen molar-refractivity contribution in [2.75, 3.05) is 6.61 Å². The molecule has 0 bridgehead atoms. The van der Waals surface area contributed by atoms with E-state index in [1.54, 1.807) is 6.92 Å². The van der Waals surface area contributed by atoms with Crippen molar-refractivity contribution in [1.82, 2.24) is 5.32 Å². The van der Waals surface area contributed by atoms with Gasteiger partial charge in [-0.15, -0.1) is 0 Å². The van der Waals surface area contributed by atoms with Gasteiger partial charge in [-0.05, 0) is 32.6 Å². The number of nitrogens with zero attached hydrogens (tertiary/aromatic N) is 1. The normalized spacial score (nSPS) is 31.1. The lowest BCUT2D eigenvalue weighted by molar-refractivity contribution is -0.141. The minimum Gasteiger partial charge on any atom is -0.409 e. The van der Waals surface area contributed by atoms with Crippen LogP contribution in [0.25, 0.3) is 0 Å². The van der Waals surface area contributed by atoms with E-state index in [0.29, 0.717) is 25.9 Å². The van der Waals surface area contributed by atoms with Gasteiger partial charge in [-0.2, -0.15) is 0 Å². The molecule has 108 valence electrons. The average molecular weight is 269 g/mol. The molecule has 0 spiro atoms. The SMILES string of the molecule is CC1(C(=O)NC2(C(N)=NO)CCCCC2)CCCO1. The molecule has 1 saturated heterocycles. The number of carbonyl (C=O) groups excluding carboxylic acids is 1. The fourth-order valence-electron chi connectivity index (χ4n) is 3.00. The Kier molecular flexibility index (Phi) is 3.99. The lowest BCUT2D eigenvalue weighted by atomic mass is 9.80. The van der Waals surface area contributed by atoms with Crippen LogP contribution in [0.5, 0.6) is 0 Å². The van der Waals surface area contributed by atoms with Crippen molar-refractivity contribution in [1.29, 1.82) is 0 Å². The summed E-state index contributed by atoms with van der Waals surface area (Å²) < 4.78 is 5.55. The lowest BCUT2D eigenvalue weighted by Gasteiger charge is -2.39. The topological polar surface area (TPSA) is 96.9 Å². The van der Waals surface area contributed by atoms with Crippen LogP contribution in [0.1, 0.15) is 51.9 Å². The Morgan fingerprint density at radius 2 is 1.95 bits per heavy atom. The van der Waals surface area contributed by atoms with Crippen LogP contribution in [-0.4, -0.2) is 34.7 Å². The predicted octanol–water partition coefficient (Wildman–Crippen LogP) is 1.12. The minimum absolute atomic E-state index is 0.0992. The lowest BCUT2D eigenvalue weighted by Crippen LogP contribution is -2.62. The molecular formula is C13H23N3O3. The fourth-order valence-corrected chi connectivity index (χ4v) is 3.00. The third kappa shape index (κ3) is 2.68. The third-order valence-corrected chi connectivity index (χ3v) is 4.36. The molecule has 0 aromatic heterocycles. The Labute approximate surface area is 113 Å². The highest BCUT2D eigenvalue weighted by Gasteiger charge is 2.44. The average Bonchev–Trinajstić information content (AvgIpc) is 2.87. The van der Waals surface area contributed by atoms with Gasteiger partial charge in [0.05, 0.1) is 0 Å². The number of nitrogens with one attached hydrogen (secondary N) is 1. The zero-order valence-corrected chi connectivity index (χ0v) is 11.4.